The Labute approximate surface area is 122 Å². The van der Waals surface area contributed by atoms with Crippen LogP contribution in [-0.2, 0) is 13.1 Å². The molecule has 1 saturated carbocycles. The Morgan fingerprint density at radius 1 is 1.35 bits per heavy atom. The van der Waals surface area contributed by atoms with Crippen molar-refractivity contribution in [3.8, 4) is 0 Å². The number of hydrogen-bond donors (Lipinski definition) is 1. The van der Waals surface area contributed by atoms with E-state index in [1.165, 1.54) is 38.0 Å². The first-order valence-corrected chi connectivity index (χ1v) is 8.18. The van der Waals surface area contributed by atoms with E-state index in [9.17, 15) is 0 Å². The summed E-state index contributed by atoms with van der Waals surface area (Å²) >= 11 is 0. The number of nitrogens with zero attached hydrogens (tertiary/aromatic N) is 3. The summed E-state index contributed by atoms with van der Waals surface area (Å²) in [6, 6.07) is 3.62. The number of hydrogen-bond acceptors (Lipinski definition) is 3. The van der Waals surface area contributed by atoms with E-state index in [4.69, 9.17) is 0 Å². The average molecular weight is 276 g/mol. The molecule has 3 rings (SSSR count). The molecule has 112 valence electrons. The third-order valence-corrected chi connectivity index (χ3v) is 4.86. The topological polar surface area (TPSA) is 33.1 Å². The van der Waals surface area contributed by atoms with Crippen LogP contribution in [0.15, 0.2) is 6.07 Å². The van der Waals surface area contributed by atoms with E-state index in [0.29, 0.717) is 12.1 Å². The quantitative estimate of drug-likeness (QED) is 0.915. The molecule has 0 bridgehead atoms. The van der Waals surface area contributed by atoms with Crippen LogP contribution in [0.3, 0.4) is 0 Å². The first-order valence-electron chi connectivity index (χ1n) is 8.18. The van der Waals surface area contributed by atoms with Crippen LogP contribution in [-0.4, -0.2) is 39.9 Å². The van der Waals surface area contributed by atoms with Gasteiger partial charge in [-0.2, -0.15) is 5.10 Å². The normalized spacial score (nSPS) is 28.6. The summed E-state index contributed by atoms with van der Waals surface area (Å²) < 4.78 is 2.16. The maximum atomic E-state index is 4.58. The van der Waals surface area contributed by atoms with Gasteiger partial charge in [-0.3, -0.25) is 9.58 Å². The van der Waals surface area contributed by atoms with E-state index in [0.717, 1.165) is 24.7 Å². The molecule has 2 fully saturated rings. The van der Waals surface area contributed by atoms with Crippen molar-refractivity contribution >= 4 is 0 Å². The smallest absolute Gasteiger partial charge is 0.0597 e. The van der Waals surface area contributed by atoms with Crippen LogP contribution in [0, 0.1) is 12.8 Å². The van der Waals surface area contributed by atoms with Gasteiger partial charge in [0.2, 0.25) is 0 Å². The van der Waals surface area contributed by atoms with Crippen molar-refractivity contribution in [1.29, 1.82) is 0 Å². The highest BCUT2D eigenvalue weighted by Gasteiger charge is 2.34. The minimum atomic E-state index is 0.659. The molecule has 1 aromatic heterocycles. The molecule has 4 heteroatoms. The molecular formula is C16H28N4. The van der Waals surface area contributed by atoms with Crippen LogP contribution in [0.1, 0.15) is 44.5 Å². The molecule has 0 amide bonds. The van der Waals surface area contributed by atoms with Crippen LogP contribution < -0.4 is 5.32 Å². The van der Waals surface area contributed by atoms with Gasteiger partial charge >= 0.3 is 0 Å². The highest BCUT2D eigenvalue weighted by atomic mass is 15.3. The molecular weight excluding hydrogens is 248 g/mol. The first kappa shape index (κ1) is 14.1. The van der Waals surface area contributed by atoms with Crippen molar-refractivity contribution < 1.29 is 0 Å². The zero-order valence-electron chi connectivity index (χ0n) is 13.1. The molecule has 1 aliphatic heterocycles. The molecule has 4 nitrogen and oxygen atoms in total. The molecule has 0 radical (unpaired) electrons. The van der Waals surface area contributed by atoms with Crippen molar-refractivity contribution in [1.82, 2.24) is 20.0 Å². The Kier molecular flexibility index (Phi) is 4.13. The van der Waals surface area contributed by atoms with E-state index in [1.54, 1.807) is 0 Å². The Hall–Kier alpha value is -0.870. The lowest BCUT2D eigenvalue weighted by atomic mass is 10.1. The maximum Gasteiger partial charge on any atom is 0.0597 e. The molecule has 2 atom stereocenters. The fourth-order valence-corrected chi connectivity index (χ4v) is 3.40. The second-order valence-corrected chi connectivity index (χ2v) is 6.56. The average Bonchev–Trinajstić information content (AvgIpc) is 3.21. The fourth-order valence-electron chi connectivity index (χ4n) is 3.40. The summed E-state index contributed by atoms with van der Waals surface area (Å²) in [6.45, 7) is 11.0. The van der Waals surface area contributed by atoms with Gasteiger partial charge < -0.3 is 5.32 Å². The molecule has 1 aromatic rings. The predicted octanol–water partition coefficient (Wildman–Crippen LogP) is 2.17. The predicted molar refractivity (Wildman–Crippen MR) is 81.6 cm³/mol. The lowest BCUT2D eigenvalue weighted by molar-refractivity contribution is 0.185. The van der Waals surface area contributed by atoms with Gasteiger partial charge in [-0.25, -0.2) is 0 Å². The van der Waals surface area contributed by atoms with Gasteiger partial charge in [-0.15, -0.1) is 0 Å². The largest absolute Gasteiger partial charge is 0.312 e. The van der Waals surface area contributed by atoms with Gasteiger partial charge in [0.25, 0.3) is 0 Å². The molecule has 2 aliphatic rings. The van der Waals surface area contributed by atoms with E-state index >= 15 is 0 Å². The zero-order chi connectivity index (χ0) is 14.1. The third-order valence-electron chi connectivity index (χ3n) is 4.86. The monoisotopic (exact) mass is 276 g/mol. The highest BCUT2D eigenvalue weighted by molar-refractivity contribution is 5.09. The van der Waals surface area contributed by atoms with Gasteiger partial charge in [0, 0.05) is 31.7 Å². The van der Waals surface area contributed by atoms with Gasteiger partial charge in [0.1, 0.15) is 0 Å². The Bertz CT molecular complexity index is 449. The summed E-state index contributed by atoms with van der Waals surface area (Å²) in [5.41, 5.74) is 2.51. The van der Waals surface area contributed by atoms with E-state index in [2.05, 4.69) is 46.8 Å². The minimum Gasteiger partial charge on any atom is -0.312 e. The van der Waals surface area contributed by atoms with Gasteiger partial charge in [-0.1, -0.05) is 0 Å². The molecule has 20 heavy (non-hydrogen) atoms. The van der Waals surface area contributed by atoms with Crippen LogP contribution in [0.2, 0.25) is 0 Å². The van der Waals surface area contributed by atoms with E-state index < -0.39 is 0 Å². The number of rotatable bonds is 4. The summed E-state index contributed by atoms with van der Waals surface area (Å²) in [7, 11) is 0. The number of aryl methyl sites for hydroxylation is 2. The minimum absolute atomic E-state index is 0.659. The third kappa shape index (κ3) is 3.07. The lowest BCUT2D eigenvalue weighted by Crippen LogP contribution is -2.41. The van der Waals surface area contributed by atoms with Crippen LogP contribution in [0.25, 0.3) is 0 Å². The van der Waals surface area contributed by atoms with Crippen LogP contribution in [0.5, 0.6) is 0 Å². The summed E-state index contributed by atoms with van der Waals surface area (Å²) in [6.07, 6.45) is 4.10. The summed E-state index contributed by atoms with van der Waals surface area (Å²) in [4.78, 5) is 2.66. The van der Waals surface area contributed by atoms with Crippen molar-refractivity contribution in [3.05, 3.63) is 17.5 Å². The van der Waals surface area contributed by atoms with Crippen LogP contribution >= 0.6 is 0 Å². The molecule has 1 N–H and O–H groups in total. The van der Waals surface area contributed by atoms with Crippen molar-refractivity contribution in [2.24, 2.45) is 5.92 Å². The van der Waals surface area contributed by atoms with Crippen LogP contribution in [0.4, 0.5) is 0 Å². The summed E-state index contributed by atoms with van der Waals surface area (Å²) in [5, 5.41) is 8.34. The van der Waals surface area contributed by atoms with E-state index in [-0.39, 0.29) is 0 Å². The SMILES string of the molecule is CCn1nc(C)cc1CN1CC(C2CC2)NCCC1C. The molecule has 1 saturated heterocycles. The molecule has 0 aromatic carbocycles. The number of nitrogens with one attached hydrogen (secondary N) is 1. The molecule has 0 spiro atoms. The van der Waals surface area contributed by atoms with Crippen molar-refractivity contribution in [2.75, 3.05) is 13.1 Å². The summed E-state index contributed by atoms with van der Waals surface area (Å²) in [5.74, 6) is 0.931. The first-order chi connectivity index (χ1) is 9.67. The van der Waals surface area contributed by atoms with Gasteiger partial charge in [0.05, 0.1) is 11.4 Å². The van der Waals surface area contributed by atoms with Gasteiger partial charge in [0.15, 0.2) is 0 Å². The maximum absolute atomic E-state index is 4.58. The molecule has 2 heterocycles. The van der Waals surface area contributed by atoms with Crippen molar-refractivity contribution in [2.45, 2.75) is 65.2 Å². The Morgan fingerprint density at radius 3 is 2.85 bits per heavy atom. The highest BCUT2D eigenvalue weighted by Crippen LogP contribution is 2.34. The fraction of sp³-hybridized carbons (Fsp3) is 0.812. The van der Waals surface area contributed by atoms with Gasteiger partial charge in [-0.05, 0) is 58.6 Å². The standard InChI is InChI=1S/C16H28N4/c1-4-20-15(9-12(2)18-20)10-19-11-16(14-5-6-14)17-8-7-13(19)3/h9,13-14,16-17H,4-8,10-11H2,1-3H3. The Morgan fingerprint density at radius 2 is 2.15 bits per heavy atom. The molecule has 1 aliphatic carbocycles. The lowest BCUT2D eigenvalue weighted by Gasteiger charge is -2.29. The number of aromatic nitrogens is 2. The molecule has 2 unspecified atom stereocenters. The van der Waals surface area contributed by atoms with E-state index in [1.807, 2.05) is 0 Å². The zero-order valence-corrected chi connectivity index (χ0v) is 13.1. The van der Waals surface area contributed by atoms with Crippen molar-refractivity contribution in [3.63, 3.8) is 0 Å². The Balaban J connectivity index is 1.72. The second-order valence-electron chi connectivity index (χ2n) is 6.56. The second kappa shape index (κ2) is 5.86.